The average Bonchev–Trinajstić information content (AvgIpc) is 3.21. The Bertz CT molecular complexity index is 1130. The van der Waals surface area contributed by atoms with Gasteiger partial charge in [-0.25, -0.2) is 0 Å². The normalized spacial score (nSPS) is 16.0. The van der Waals surface area contributed by atoms with E-state index in [0.717, 1.165) is 22.7 Å². The van der Waals surface area contributed by atoms with E-state index in [4.69, 9.17) is 21.1 Å². The second-order valence-corrected chi connectivity index (χ2v) is 7.74. The molecular weight excluding hydrogens is 406 g/mol. The lowest BCUT2D eigenvalue weighted by Crippen LogP contribution is -2.50. The van der Waals surface area contributed by atoms with Gasteiger partial charge in [-0.1, -0.05) is 17.7 Å². The van der Waals surface area contributed by atoms with Crippen molar-refractivity contribution >= 4 is 39.9 Å². The second-order valence-electron chi connectivity index (χ2n) is 7.30. The number of benzene rings is 2. The fourth-order valence-electron chi connectivity index (χ4n) is 4.00. The molecular formula is C22H20ClN3O4. The van der Waals surface area contributed by atoms with E-state index >= 15 is 0 Å². The van der Waals surface area contributed by atoms with Crippen LogP contribution in [0.15, 0.2) is 42.6 Å². The smallest absolute Gasteiger partial charge is 0.295 e. The number of carbonyl (C=O) groups is 2. The summed E-state index contributed by atoms with van der Waals surface area (Å²) in [4.78, 5) is 32.5. The second kappa shape index (κ2) is 7.57. The number of Topliss-reactive ketones (excluding diaryl/α,β-unsaturated/α-hetero) is 1. The Morgan fingerprint density at radius 2 is 1.80 bits per heavy atom. The van der Waals surface area contributed by atoms with Gasteiger partial charge in [-0.2, -0.15) is 0 Å². The fourth-order valence-corrected chi connectivity index (χ4v) is 4.17. The van der Waals surface area contributed by atoms with Crippen molar-refractivity contribution in [2.24, 2.45) is 0 Å². The number of carbonyl (C=O) groups excluding carboxylic acids is 2. The average molecular weight is 426 g/mol. The zero-order chi connectivity index (χ0) is 20.7. The highest BCUT2D eigenvalue weighted by Crippen LogP contribution is 2.39. The third-order valence-electron chi connectivity index (χ3n) is 5.54. The van der Waals surface area contributed by atoms with E-state index < -0.39 is 11.7 Å². The number of hydrogen-bond donors (Lipinski definition) is 1. The van der Waals surface area contributed by atoms with Gasteiger partial charge in [0.15, 0.2) is 11.5 Å². The van der Waals surface area contributed by atoms with Gasteiger partial charge in [0.2, 0.25) is 0 Å². The Kier molecular flexibility index (Phi) is 4.75. The number of nitrogens with zero attached hydrogens (tertiary/aromatic N) is 2. The summed E-state index contributed by atoms with van der Waals surface area (Å²) in [6.07, 6.45) is 1.57. The number of ketones is 1. The Balaban J connectivity index is 1.30. The molecule has 1 N–H and O–H groups in total. The Morgan fingerprint density at radius 3 is 2.63 bits per heavy atom. The number of para-hydroxylation sites is 1. The van der Waals surface area contributed by atoms with Crippen molar-refractivity contribution in [2.75, 3.05) is 44.3 Å². The Hall–Kier alpha value is -3.19. The third kappa shape index (κ3) is 3.25. The minimum atomic E-state index is -0.522. The van der Waals surface area contributed by atoms with Crippen molar-refractivity contribution in [3.8, 4) is 11.5 Å². The minimum Gasteiger partial charge on any atom is -0.486 e. The van der Waals surface area contributed by atoms with Gasteiger partial charge >= 0.3 is 0 Å². The van der Waals surface area contributed by atoms with Gasteiger partial charge in [-0.15, -0.1) is 0 Å². The van der Waals surface area contributed by atoms with E-state index in [2.05, 4.69) is 9.88 Å². The molecule has 1 fully saturated rings. The summed E-state index contributed by atoms with van der Waals surface area (Å²) in [5.41, 5.74) is 2.08. The molecule has 30 heavy (non-hydrogen) atoms. The Morgan fingerprint density at radius 1 is 1.00 bits per heavy atom. The summed E-state index contributed by atoms with van der Waals surface area (Å²) in [5.74, 6) is 0.469. The minimum absolute atomic E-state index is 0.350. The maximum Gasteiger partial charge on any atom is 0.295 e. The number of anilines is 1. The Labute approximate surface area is 178 Å². The zero-order valence-corrected chi connectivity index (χ0v) is 16.9. The van der Waals surface area contributed by atoms with Crippen LogP contribution >= 0.6 is 11.6 Å². The van der Waals surface area contributed by atoms with Gasteiger partial charge in [0.25, 0.3) is 11.7 Å². The monoisotopic (exact) mass is 425 g/mol. The first kappa shape index (κ1) is 18.8. The largest absolute Gasteiger partial charge is 0.486 e. The molecule has 0 atom stereocenters. The molecule has 2 aromatic carbocycles. The summed E-state index contributed by atoms with van der Waals surface area (Å²) < 4.78 is 11.5. The number of amides is 1. The number of aromatic nitrogens is 1. The predicted octanol–water partition coefficient (Wildman–Crippen LogP) is 3.12. The molecule has 8 heteroatoms. The van der Waals surface area contributed by atoms with Gasteiger partial charge in [0, 0.05) is 48.3 Å². The van der Waals surface area contributed by atoms with E-state index in [1.165, 1.54) is 0 Å². The van der Waals surface area contributed by atoms with E-state index in [1.807, 2.05) is 18.2 Å². The van der Waals surface area contributed by atoms with Gasteiger partial charge < -0.3 is 24.3 Å². The van der Waals surface area contributed by atoms with Crippen LogP contribution < -0.4 is 14.4 Å². The van der Waals surface area contributed by atoms with Crippen molar-refractivity contribution in [1.29, 1.82) is 0 Å². The van der Waals surface area contributed by atoms with Crippen LogP contribution in [-0.2, 0) is 4.79 Å². The summed E-state index contributed by atoms with van der Waals surface area (Å²) >= 11 is 6.06. The fraction of sp³-hybridized carbons (Fsp3) is 0.273. The molecule has 3 aromatic rings. The van der Waals surface area contributed by atoms with Crippen LogP contribution in [0.25, 0.3) is 10.9 Å². The SMILES string of the molecule is O=C(C(=O)N1CCN(c2cccc3c2OCCO3)CC1)c1c[nH]c2ccc(Cl)cc12. The molecule has 154 valence electrons. The molecule has 2 aliphatic rings. The van der Waals surface area contributed by atoms with Crippen LogP contribution in [0.4, 0.5) is 5.69 Å². The van der Waals surface area contributed by atoms with E-state index in [-0.39, 0.29) is 0 Å². The number of aromatic amines is 1. The van der Waals surface area contributed by atoms with Crippen LogP contribution in [0.5, 0.6) is 11.5 Å². The summed E-state index contributed by atoms with van der Waals surface area (Å²) in [6, 6.07) is 11.1. The lowest BCUT2D eigenvalue weighted by molar-refractivity contribution is -0.126. The number of rotatable bonds is 3. The highest BCUT2D eigenvalue weighted by molar-refractivity contribution is 6.45. The molecule has 0 spiro atoms. The molecule has 0 unspecified atom stereocenters. The molecule has 0 saturated carbocycles. The maximum absolute atomic E-state index is 12.9. The third-order valence-corrected chi connectivity index (χ3v) is 5.77. The molecule has 1 aromatic heterocycles. The van der Waals surface area contributed by atoms with E-state index in [1.54, 1.807) is 29.3 Å². The number of fused-ring (bicyclic) bond motifs is 2. The first-order valence-electron chi connectivity index (χ1n) is 9.85. The first-order chi connectivity index (χ1) is 14.6. The lowest BCUT2D eigenvalue weighted by atomic mass is 10.1. The van der Waals surface area contributed by atoms with Crippen molar-refractivity contribution in [2.45, 2.75) is 0 Å². The van der Waals surface area contributed by atoms with Crippen LogP contribution in [0.1, 0.15) is 10.4 Å². The molecule has 7 nitrogen and oxygen atoms in total. The van der Waals surface area contributed by atoms with Gasteiger partial charge in [-0.05, 0) is 30.3 Å². The molecule has 2 aliphatic heterocycles. The van der Waals surface area contributed by atoms with Crippen LogP contribution in [-0.4, -0.2) is 61.0 Å². The number of halogens is 1. The van der Waals surface area contributed by atoms with Gasteiger partial charge in [0.05, 0.1) is 11.3 Å². The topological polar surface area (TPSA) is 74.9 Å². The zero-order valence-electron chi connectivity index (χ0n) is 16.2. The van der Waals surface area contributed by atoms with Crippen LogP contribution in [0.2, 0.25) is 5.02 Å². The molecule has 0 aliphatic carbocycles. The highest BCUT2D eigenvalue weighted by atomic mass is 35.5. The van der Waals surface area contributed by atoms with Crippen molar-refractivity contribution in [3.63, 3.8) is 0 Å². The highest BCUT2D eigenvalue weighted by Gasteiger charge is 2.30. The molecule has 0 radical (unpaired) electrons. The van der Waals surface area contributed by atoms with E-state index in [9.17, 15) is 9.59 Å². The summed E-state index contributed by atoms with van der Waals surface area (Å²) in [6.45, 7) is 3.19. The lowest BCUT2D eigenvalue weighted by Gasteiger charge is -2.37. The summed E-state index contributed by atoms with van der Waals surface area (Å²) in [5, 5.41) is 1.18. The standard InChI is InChI=1S/C22H20ClN3O4/c23-14-4-5-17-15(12-14)16(13-24-17)20(27)22(28)26-8-6-25(7-9-26)18-2-1-3-19-21(18)30-11-10-29-19/h1-5,12-13,24H,6-11H2. The number of hydrogen-bond acceptors (Lipinski definition) is 5. The molecule has 0 bridgehead atoms. The summed E-state index contributed by atoms with van der Waals surface area (Å²) in [7, 11) is 0. The predicted molar refractivity (Wildman–Crippen MR) is 114 cm³/mol. The van der Waals surface area contributed by atoms with Crippen LogP contribution in [0, 0.1) is 0 Å². The number of H-pyrrole nitrogens is 1. The number of ether oxygens (including phenoxy) is 2. The maximum atomic E-state index is 12.9. The van der Waals surface area contributed by atoms with Gasteiger partial charge in [-0.3, -0.25) is 9.59 Å². The first-order valence-corrected chi connectivity index (χ1v) is 10.2. The number of piperazine rings is 1. The molecule has 5 rings (SSSR count). The van der Waals surface area contributed by atoms with E-state index in [0.29, 0.717) is 55.4 Å². The van der Waals surface area contributed by atoms with Crippen molar-refractivity contribution < 1.29 is 19.1 Å². The molecule has 1 amide bonds. The van der Waals surface area contributed by atoms with Crippen molar-refractivity contribution in [3.05, 3.63) is 53.2 Å². The molecule has 3 heterocycles. The van der Waals surface area contributed by atoms with Crippen molar-refractivity contribution in [1.82, 2.24) is 9.88 Å². The van der Waals surface area contributed by atoms with Gasteiger partial charge in [0.1, 0.15) is 13.2 Å². The van der Waals surface area contributed by atoms with Crippen LogP contribution in [0.3, 0.4) is 0 Å². The quantitative estimate of drug-likeness (QED) is 0.515. The molecule has 1 saturated heterocycles. The number of nitrogens with one attached hydrogen (secondary N) is 1.